The molecule has 6 nitrogen and oxygen atoms in total. The fourth-order valence-corrected chi connectivity index (χ4v) is 3.39. The summed E-state index contributed by atoms with van der Waals surface area (Å²) in [5.74, 6) is 1.40. The fraction of sp³-hybridized carbons (Fsp3) is 0.611. The normalized spacial score (nSPS) is 23.1. The van der Waals surface area contributed by atoms with Gasteiger partial charge in [-0.1, -0.05) is 6.92 Å². The van der Waals surface area contributed by atoms with Crippen molar-refractivity contribution in [1.29, 1.82) is 0 Å². The van der Waals surface area contributed by atoms with Crippen LogP contribution in [-0.2, 0) is 19.0 Å². The van der Waals surface area contributed by atoms with Crippen LogP contribution in [0.25, 0.3) is 0 Å². The first kappa shape index (κ1) is 18.5. The zero-order valence-electron chi connectivity index (χ0n) is 14.7. The van der Waals surface area contributed by atoms with Gasteiger partial charge in [-0.05, 0) is 37.0 Å². The number of carbonyl (C=O) groups excluding carboxylic acids is 1. The molecule has 2 rings (SSSR count). The highest BCUT2D eigenvalue weighted by atomic mass is 16.7. The molecule has 0 bridgehead atoms. The fourth-order valence-electron chi connectivity index (χ4n) is 3.39. The quantitative estimate of drug-likeness (QED) is 0.536. The first-order valence-corrected chi connectivity index (χ1v) is 8.07. The number of esters is 1. The lowest BCUT2D eigenvalue weighted by atomic mass is 9.83. The van der Waals surface area contributed by atoms with Crippen LogP contribution in [0.4, 0.5) is 0 Å². The van der Waals surface area contributed by atoms with E-state index in [0.29, 0.717) is 17.4 Å². The van der Waals surface area contributed by atoms with Crippen LogP contribution in [-0.4, -0.2) is 40.9 Å². The van der Waals surface area contributed by atoms with E-state index in [-0.39, 0.29) is 31.4 Å². The van der Waals surface area contributed by atoms with Gasteiger partial charge in [-0.15, -0.1) is 0 Å². The summed E-state index contributed by atoms with van der Waals surface area (Å²) < 4.78 is 26.2. The Balaban J connectivity index is 2.36. The average molecular weight is 338 g/mol. The van der Waals surface area contributed by atoms with Gasteiger partial charge in [0.2, 0.25) is 0 Å². The number of carbonyl (C=O) groups is 1. The van der Waals surface area contributed by atoms with E-state index in [2.05, 4.69) is 6.92 Å². The maximum Gasteiger partial charge on any atom is 0.309 e. The predicted molar refractivity (Wildman–Crippen MR) is 88.1 cm³/mol. The lowest BCUT2D eigenvalue weighted by Crippen LogP contribution is -2.22. The average Bonchev–Trinajstić information content (AvgIpc) is 2.99. The van der Waals surface area contributed by atoms with Crippen LogP contribution in [0, 0.1) is 11.8 Å². The van der Waals surface area contributed by atoms with Crippen molar-refractivity contribution >= 4 is 5.97 Å². The highest BCUT2D eigenvalue weighted by Gasteiger charge is 2.41. The summed E-state index contributed by atoms with van der Waals surface area (Å²) in [5.41, 5.74) is 0.945. The largest absolute Gasteiger partial charge is 0.469 e. The Labute approximate surface area is 143 Å². The summed E-state index contributed by atoms with van der Waals surface area (Å²) in [4.78, 5) is 12.2. The van der Waals surface area contributed by atoms with Gasteiger partial charge in [0.25, 0.3) is 0 Å². The lowest BCUT2D eigenvalue weighted by Gasteiger charge is -2.24. The monoisotopic (exact) mass is 338 g/mol. The maximum absolute atomic E-state index is 12.2. The molecule has 1 aliphatic rings. The first-order chi connectivity index (χ1) is 11.6. The Morgan fingerprint density at radius 3 is 2.46 bits per heavy atom. The maximum atomic E-state index is 12.2. The Hall–Kier alpha value is -1.79. The molecule has 1 aromatic carbocycles. The van der Waals surface area contributed by atoms with E-state index in [4.69, 9.17) is 23.7 Å². The van der Waals surface area contributed by atoms with E-state index in [1.807, 2.05) is 18.2 Å². The summed E-state index contributed by atoms with van der Waals surface area (Å²) >= 11 is 0. The molecule has 1 saturated carbocycles. The molecule has 3 atom stereocenters. The molecule has 1 fully saturated rings. The number of benzene rings is 1. The van der Waals surface area contributed by atoms with E-state index < -0.39 is 0 Å². The van der Waals surface area contributed by atoms with Crippen molar-refractivity contribution in [3.05, 3.63) is 23.8 Å². The highest BCUT2D eigenvalue weighted by Crippen LogP contribution is 2.48. The molecular weight excluding hydrogens is 312 g/mol. The molecule has 1 unspecified atom stereocenters. The smallest absolute Gasteiger partial charge is 0.309 e. The number of hydrogen-bond donors (Lipinski definition) is 0. The van der Waals surface area contributed by atoms with E-state index in [1.165, 1.54) is 7.11 Å². The third-order valence-corrected chi connectivity index (χ3v) is 4.50. The van der Waals surface area contributed by atoms with Crippen LogP contribution in [0.3, 0.4) is 0 Å². The number of hydrogen-bond acceptors (Lipinski definition) is 6. The summed E-state index contributed by atoms with van der Waals surface area (Å²) in [5, 5.41) is 0. The summed E-state index contributed by atoms with van der Waals surface area (Å²) in [6.45, 7) is 2.46. The van der Waals surface area contributed by atoms with Crippen molar-refractivity contribution in [2.24, 2.45) is 11.8 Å². The van der Waals surface area contributed by atoms with Crippen LogP contribution in [0.15, 0.2) is 18.2 Å². The summed E-state index contributed by atoms with van der Waals surface area (Å²) in [6, 6.07) is 5.59. The van der Waals surface area contributed by atoms with Crippen molar-refractivity contribution in [2.45, 2.75) is 25.7 Å². The van der Waals surface area contributed by atoms with Crippen LogP contribution < -0.4 is 9.47 Å². The van der Waals surface area contributed by atoms with Crippen molar-refractivity contribution < 1.29 is 28.5 Å². The molecule has 1 aliphatic carbocycles. The van der Waals surface area contributed by atoms with Gasteiger partial charge < -0.3 is 23.7 Å². The molecule has 24 heavy (non-hydrogen) atoms. The Morgan fingerprint density at radius 1 is 1.08 bits per heavy atom. The molecule has 0 heterocycles. The molecule has 0 aliphatic heterocycles. The first-order valence-electron chi connectivity index (χ1n) is 8.07. The van der Waals surface area contributed by atoms with Crippen molar-refractivity contribution in [1.82, 2.24) is 0 Å². The summed E-state index contributed by atoms with van der Waals surface area (Å²) in [7, 11) is 4.58. The molecule has 134 valence electrons. The van der Waals surface area contributed by atoms with Gasteiger partial charge in [0.1, 0.15) is 11.5 Å². The molecular formula is C18H26O6. The van der Waals surface area contributed by atoms with E-state index in [1.54, 1.807) is 14.2 Å². The SMILES string of the molecule is COCOc1ccc(OCOC)c([C@@H]2C(C)CC[C@@H]2C(=O)OC)c1. The predicted octanol–water partition coefficient (Wildman–Crippen LogP) is 2.95. The van der Waals surface area contributed by atoms with Gasteiger partial charge in [-0.2, -0.15) is 0 Å². The molecule has 0 aromatic heterocycles. The molecule has 0 amide bonds. The Kier molecular flexibility index (Phi) is 6.87. The minimum absolute atomic E-state index is 0.0235. The van der Waals surface area contributed by atoms with Gasteiger partial charge in [-0.3, -0.25) is 4.79 Å². The number of rotatable bonds is 8. The molecule has 6 heteroatoms. The van der Waals surface area contributed by atoms with Crippen LogP contribution >= 0.6 is 0 Å². The minimum atomic E-state index is -0.176. The van der Waals surface area contributed by atoms with Gasteiger partial charge in [0.05, 0.1) is 13.0 Å². The summed E-state index contributed by atoms with van der Waals surface area (Å²) in [6.07, 6.45) is 1.78. The van der Waals surface area contributed by atoms with E-state index in [9.17, 15) is 4.79 Å². The number of ether oxygens (including phenoxy) is 5. The van der Waals surface area contributed by atoms with Crippen LogP contribution in [0.5, 0.6) is 11.5 Å². The second-order valence-electron chi connectivity index (χ2n) is 6.01. The third-order valence-electron chi connectivity index (χ3n) is 4.50. The Bertz CT molecular complexity index is 544. The standard InChI is InChI=1S/C18H26O6/c1-12-5-7-14(18(19)22-4)17(12)15-9-13(23-10-20-2)6-8-16(15)24-11-21-3/h6,8-9,12,14,17H,5,7,10-11H2,1-4H3/t12?,14-,17+/m0/s1. The van der Waals surface area contributed by atoms with Gasteiger partial charge in [0, 0.05) is 25.7 Å². The minimum Gasteiger partial charge on any atom is -0.469 e. The molecule has 0 radical (unpaired) electrons. The van der Waals surface area contributed by atoms with Crippen molar-refractivity contribution in [2.75, 3.05) is 34.9 Å². The van der Waals surface area contributed by atoms with Crippen LogP contribution in [0.1, 0.15) is 31.2 Å². The van der Waals surface area contributed by atoms with Crippen molar-refractivity contribution in [3.63, 3.8) is 0 Å². The zero-order chi connectivity index (χ0) is 17.5. The zero-order valence-corrected chi connectivity index (χ0v) is 14.7. The molecule has 0 spiro atoms. The molecule has 0 N–H and O–H groups in total. The molecule has 0 saturated heterocycles. The number of methoxy groups -OCH3 is 3. The van der Waals surface area contributed by atoms with E-state index in [0.717, 1.165) is 18.4 Å². The highest BCUT2D eigenvalue weighted by molar-refractivity contribution is 5.74. The van der Waals surface area contributed by atoms with Gasteiger partial charge in [-0.25, -0.2) is 0 Å². The second-order valence-corrected chi connectivity index (χ2v) is 6.01. The topological polar surface area (TPSA) is 63.2 Å². The van der Waals surface area contributed by atoms with Gasteiger partial charge >= 0.3 is 5.97 Å². The van der Waals surface area contributed by atoms with Crippen molar-refractivity contribution in [3.8, 4) is 11.5 Å². The van der Waals surface area contributed by atoms with Crippen LogP contribution in [0.2, 0.25) is 0 Å². The Morgan fingerprint density at radius 2 is 1.79 bits per heavy atom. The second kappa shape index (κ2) is 8.89. The van der Waals surface area contributed by atoms with Gasteiger partial charge in [0.15, 0.2) is 13.6 Å². The third kappa shape index (κ3) is 4.19. The van der Waals surface area contributed by atoms with E-state index >= 15 is 0 Å². The lowest BCUT2D eigenvalue weighted by molar-refractivity contribution is -0.145. The molecule has 1 aromatic rings.